The highest BCUT2D eigenvalue weighted by Gasteiger charge is 2.34. The number of fused-ring (bicyclic) bond motifs is 1. The Kier molecular flexibility index (Phi) is 4.20. The minimum absolute atomic E-state index is 0.607. The van der Waals surface area contributed by atoms with Gasteiger partial charge in [0.05, 0.1) is 0 Å². The third kappa shape index (κ3) is 2.72. The zero-order chi connectivity index (χ0) is 13.4. The van der Waals surface area contributed by atoms with Gasteiger partial charge in [-0.1, -0.05) is 37.9 Å². The van der Waals surface area contributed by atoms with Gasteiger partial charge in [0, 0.05) is 40.7 Å². The van der Waals surface area contributed by atoms with Gasteiger partial charge in [-0.15, -0.1) is 0 Å². The summed E-state index contributed by atoms with van der Waals surface area (Å²) in [7, 11) is 0. The third-order valence-electron chi connectivity index (χ3n) is 4.45. The van der Waals surface area contributed by atoms with E-state index in [0.29, 0.717) is 6.04 Å². The summed E-state index contributed by atoms with van der Waals surface area (Å²) >= 11 is 7.21. The number of hydrogen-bond acceptors (Lipinski definition) is 2. The Balaban J connectivity index is 1.82. The highest BCUT2D eigenvalue weighted by atomic mass is 79.9. The number of nitrogens with zero attached hydrogens (tertiary/aromatic N) is 2. The Morgan fingerprint density at radius 1 is 1.32 bits per heavy atom. The van der Waals surface area contributed by atoms with Crippen LogP contribution in [0.25, 0.3) is 0 Å². The SMILES string of the molecule is CC1CN2CCCC2CN1c1ccc(CBr)c(Br)c1. The Morgan fingerprint density at radius 2 is 2.16 bits per heavy atom. The number of piperazine rings is 1. The molecule has 0 aromatic heterocycles. The van der Waals surface area contributed by atoms with Crippen molar-refractivity contribution in [2.75, 3.05) is 24.5 Å². The fourth-order valence-electron chi connectivity index (χ4n) is 3.37. The van der Waals surface area contributed by atoms with E-state index in [9.17, 15) is 0 Å². The van der Waals surface area contributed by atoms with Gasteiger partial charge in [0.15, 0.2) is 0 Å². The molecule has 104 valence electrons. The van der Waals surface area contributed by atoms with Crippen LogP contribution in [0.15, 0.2) is 22.7 Å². The Bertz CT molecular complexity index is 463. The number of halogens is 2. The lowest BCUT2D eigenvalue weighted by atomic mass is 10.1. The number of alkyl halides is 1. The summed E-state index contributed by atoms with van der Waals surface area (Å²) in [6, 6.07) is 8.14. The van der Waals surface area contributed by atoms with Gasteiger partial charge in [-0.25, -0.2) is 0 Å². The fraction of sp³-hybridized carbons (Fsp3) is 0.600. The highest BCUT2D eigenvalue weighted by Crippen LogP contribution is 2.31. The van der Waals surface area contributed by atoms with Gasteiger partial charge in [0.1, 0.15) is 0 Å². The van der Waals surface area contributed by atoms with Gasteiger partial charge in [-0.3, -0.25) is 4.90 Å². The van der Waals surface area contributed by atoms with E-state index >= 15 is 0 Å². The average molecular weight is 388 g/mol. The molecule has 2 nitrogen and oxygen atoms in total. The predicted molar refractivity (Wildman–Crippen MR) is 88.2 cm³/mol. The molecular weight excluding hydrogens is 368 g/mol. The molecule has 3 rings (SSSR count). The van der Waals surface area contributed by atoms with Crippen LogP contribution in [-0.2, 0) is 5.33 Å². The number of rotatable bonds is 2. The van der Waals surface area contributed by atoms with Crippen LogP contribution in [0, 0.1) is 0 Å². The molecule has 2 saturated heterocycles. The number of anilines is 1. The monoisotopic (exact) mass is 386 g/mol. The molecule has 0 bridgehead atoms. The third-order valence-corrected chi connectivity index (χ3v) is 5.79. The summed E-state index contributed by atoms with van der Waals surface area (Å²) in [5, 5.41) is 0.903. The van der Waals surface area contributed by atoms with Crippen LogP contribution in [-0.4, -0.2) is 36.6 Å². The molecule has 2 aliphatic heterocycles. The van der Waals surface area contributed by atoms with Gasteiger partial charge in [-0.2, -0.15) is 0 Å². The van der Waals surface area contributed by atoms with Crippen LogP contribution in [0.2, 0.25) is 0 Å². The van der Waals surface area contributed by atoms with Crippen molar-refractivity contribution in [2.45, 2.75) is 37.2 Å². The molecule has 0 amide bonds. The maximum absolute atomic E-state index is 3.68. The minimum Gasteiger partial charge on any atom is -0.366 e. The van der Waals surface area contributed by atoms with Gasteiger partial charge < -0.3 is 4.90 Å². The second kappa shape index (κ2) is 5.74. The normalized spacial score (nSPS) is 27.6. The topological polar surface area (TPSA) is 6.48 Å². The molecule has 2 atom stereocenters. The second-order valence-corrected chi connectivity index (χ2v) is 7.12. The van der Waals surface area contributed by atoms with Crippen LogP contribution in [0.3, 0.4) is 0 Å². The zero-order valence-corrected chi connectivity index (χ0v) is 14.5. The zero-order valence-electron chi connectivity index (χ0n) is 11.3. The maximum atomic E-state index is 3.68. The van der Waals surface area contributed by atoms with Crippen LogP contribution < -0.4 is 4.90 Å². The molecule has 19 heavy (non-hydrogen) atoms. The van der Waals surface area contributed by atoms with Gasteiger partial charge in [0.25, 0.3) is 0 Å². The summed E-state index contributed by atoms with van der Waals surface area (Å²) in [5.41, 5.74) is 2.67. The van der Waals surface area contributed by atoms with E-state index in [2.05, 4.69) is 66.8 Å². The summed E-state index contributed by atoms with van der Waals surface area (Å²) < 4.78 is 1.21. The van der Waals surface area contributed by atoms with Crippen molar-refractivity contribution in [3.63, 3.8) is 0 Å². The first-order valence-corrected chi connectivity index (χ1v) is 8.95. The molecule has 2 fully saturated rings. The first-order valence-electron chi connectivity index (χ1n) is 7.04. The largest absolute Gasteiger partial charge is 0.366 e. The quantitative estimate of drug-likeness (QED) is 0.707. The lowest BCUT2D eigenvalue weighted by Gasteiger charge is -2.43. The van der Waals surface area contributed by atoms with Crippen LogP contribution >= 0.6 is 31.9 Å². The number of benzene rings is 1. The molecule has 1 aromatic carbocycles. The number of hydrogen-bond donors (Lipinski definition) is 0. The molecule has 0 radical (unpaired) electrons. The summed E-state index contributed by atoms with van der Waals surface area (Å²) in [5.74, 6) is 0. The second-order valence-electron chi connectivity index (χ2n) is 5.70. The standard InChI is InChI=1S/C15H20Br2N2/c1-11-9-18-6-2-3-14(18)10-19(11)13-5-4-12(8-16)15(17)7-13/h4-5,7,11,14H,2-3,6,8-10H2,1H3. The average Bonchev–Trinajstić information content (AvgIpc) is 2.84. The van der Waals surface area contributed by atoms with Crippen LogP contribution in [0.4, 0.5) is 5.69 Å². The summed E-state index contributed by atoms with van der Waals surface area (Å²) in [6.07, 6.45) is 2.74. The molecule has 0 aliphatic carbocycles. The van der Waals surface area contributed by atoms with E-state index < -0.39 is 0 Å². The van der Waals surface area contributed by atoms with Crippen molar-refractivity contribution in [1.29, 1.82) is 0 Å². The van der Waals surface area contributed by atoms with E-state index in [1.165, 1.54) is 48.2 Å². The molecule has 0 N–H and O–H groups in total. The van der Waals surface area contributed by atoms with Crippen LogP contribution in [0.5, 0.6) is 0 Å². The lowest BCUT2D eigenvalue weighted by Crippen LogP contribution is -2.55. The van der Waals surface area contributed by atoms with Gasteiger partial charge >= 0.3 is 0 Å². The lowest BCUT2D eigenvalue weighted by molar-refractivity contribution is 0.203. The Hall–Kier alpha value is -0.0600. The van der Waals surface area contributed by atoms with Gasteiger partial charge in [-0.05, 0) is 44.0 Å². The van der Waals surface area contributed by atoms with Crippen molar-refractivity contribution in [2.24, 2.45) is 0 Å². The molecule has 2 unspecified atom stereocenters. The minimum atomic E-state index is 0.607. The molecule has 1 aromatic rings. The smallest absolute Gasteiger partial charge is 0.0389 e. The van der Waals surface area contributed by atoms with Crippen molar-refractivity contribution in [1.82, 2.24) is 4.90 Å². The maximum Gasteiger partial charge on any atom is 0.0389 e. The molecular formula is C15H20Br2N2. The molecule has 0 spiro atoms. The first-order chi connectivity index (χ1) is 9.19. The molecule has 2 heterocycles. The van der Waals surface area contributed by atoms with Crippen molar-refractivity contribution >= 4 is 37.5 Å². The van der Waals surface area contributed by atoms with Crippen molar-refractivity contribution < 1.29 is 0 Å². The fourth-order valence-corrected chi connectivity index (χ4v) is 4.74. The molecule has 2 aliphatic rings. The van der Waals surface area contributed by atoms with Crippen molar-refractivity contribution in [3.8, 4) is 0 Å². The van der Waals surface area contributed by atoms with E-state index in [0.717, 1.165) is 11.4 Å². The van der Waals surface area contributed by atoms with E-state index in [1.54, 1.807) is 0 Å². The summed E-state index contributed by atoms with van der Waals surface area (Å²) in [6.45, 7) is 6.04. The van der Waals surface area contributed by atoms with Crippen molar-refractivity contribution in [3.05, 3.63) is 28.2 Å². The van der Waals surface area contributed by atoms with E-state index in [4.69, 9.17) is 0 Å². The van der Waals surface area contributed by atoms with E-state index in [-0.39, 0.29) is 0 Å². The van der Waals surface area contributed by atoms with Crippen LogP contribution in [0.1, 0.15) is 25.3 Å². The highest BCUT2D eigenvalue weighted by molar-refractivity contribution is 9.10. The summed E-state index contributed by atoms with van der Waals surface area (Å²) in [4.78, 5) is 5.25. The predicted octanol–water partition coefficient (Wildman–Crippen LogP) is 4.02. The van der Waals surface area contributed by atoms with Gasteiger partial charge in [0.2, 0.25) is 0 Å². The van der Waals surface area contributed by atoms with E-state index in [1.807, 2.05) is 0 Å². The first kappa shape index (κ1) is 13.9. The Morgan fingerprint density at radius 3 is 2.89 bits per heavy atom. The molecule has 0 saturated carbocycles. The molecule has 4 heteroatoms. The Labute approximate surface area is 132 Å².